The monoisotopic (exact) mass is 596 g/mol. The van der Waals surface area contributed by atoms with Crippen LogP contribution in [0, 0.1) is 0 Å². The van der Waals surface area contributed by atoms with Crippen molar-refractivity contribution in [2.24, 2.45) is 0 Å². The quantitative estimate of drug-likeness (QED) is 0.0813. The van der Waals surface area contributed by atoms with E-state index < -0.39 is 29.7 Å². The van der Waals surface area contributed by atoms with E-state index in [-0.39, 0.29) is 5.04 Å². The molecule has 3 aromatic rings. The minimum Gasteiger partial charge on any atom is -0.544 e. The summed E-state index contributed by atoms with van der Waals surface area (Å²) in [5.74, 6) is 0.655. The van der Waals surface area contributed by atoms with Crippen molar-refractivity contribution in [2.75, 3.05) is 5.88 Å². The van der Waals surface area contributed by atoms with Crippen molar-refractivity contribution in [2.45, 2.75) is 50.8 Å². The van der Waals surface area contributed by atoms with Gasteiger partial charge >= 0.3 is 15.6 Å². The average molecular weight is 597 g/mol. The summed E-state index contributed by atoms with van der Waals surface area (Å²) in [6.07, 6.45) is 0.518. The Hall–Kier alpha value is -2.75. The lowest BCUT2D eigenvalue weighted by Gasteiger charge is -2.36. The van der Waals surface area contributed by atoms with Gasteiger partial charge in [-0.25, -0.2) is 0 Å². The Labute approximate surface area is 234 Å². The van der Waals surface area contributed by atoms with Crippen LogP contribution in [0.2, 0.25) is 18.1 Å². The normalized spacial score (nSPS) is 13.6. The first-order valence-corrected chi connectivity index (χ1v) is 17.2. The van der Waals surface area contributed by atoms with Gasteiger partial charge < -0.3 is 8.61 Å². The van der Waals surface area contributed by atoms with Gasteiger partial charge in [-0.15, -0.1) is 11.6 Å². The molecule has 0 radical (unpaired) electrons. The lowest BCUT2D eigenvalue weighted by atomic mass is 9.88. The van der Waals surface area contributed by atoms with Gasteiger partial charge in [0.05, 0.1) is 0 Å². The van der Waals surface area contributed by atoms with E-state index in [4.69, 9.17) is 16.0 Å². The van der Waals surface area contributed by atoms with Crippen molar-refractivity contribution >= 4 is 41.2 Å². The highest BCUT2D eigenvalue weighted by molar-refractivity contribution is 7.88. The van der Waals surface area contributed by atoms with E-state index in [1.165, 1.54) is 24.3 Å². The van der Waals surface area contributed by atoms with Crippen LogP contribution in [-0.2, 0) is 10.1 Å². The van der Waals surface area contributed by atoms with Crippen LogP contribution in [0.4, 0.5) is 13.2 Å². The minimum absolute atomic E-state index is 0.0287. The molecule has 210 valence electrons. The maximum atomic E-state index is 12.8. The van der Waals surface area contributed by atoms with Crippen LogP contribution in [0.5, 0.6) is 11.5 Å². The Bertz CT molecular complexity index is 1400. The van der Waals surface area contributed by atoms with Crippen LogP contribution in [-0.4, -0.2) is 28.1 Å². The van der Waals surface area contributed by atoms with Gasteiger partial charge in [0.25, 0.3) is 0 Å². The number of rotatable bonds is 9. The van der Waals surface area contributed by atoms with Gasteiger partial charge in [-0.05, 0) is 76.7 Å². The Kier molecular flexibility index (Phi) is 9.30. The molecule has 0 spiro atoms. The van der Waals surface area contributed by atoms with Crippen LogP contribution in [0.1, 0.15) is 43.9 Å². The van der Waals surface area contributed by atoms with Gasteiger partial charge in [0.1, 0.15) is 11.5 Å². The molecule has 0 saturated carbocycles. The summed E-state index contributed by atoms with van der Waals surface area (Å²) in [6.45, 7) is 10.8. The Morgan fingerprint density at radius 1 is 0.795 bits per heavy atom. The van der Waals surface area contributed by atoms with Crippen molar-refractivity contribution in [1.82, 2.24) is 0 Å². The molecule has 0 atom stereocenters. The molecule has 0 heterocycles. The lowest BCUT2D eigenvalue weighted by Crippen LogP contribution is -2.43. The third-order valence-electron chi connectivity index (χ3n) is 6.72. The molecular weight excluding hydrogens is 565 g/mol. The Balaban J connectivity index is 2.11. The standard InChI is InChI=1S/C29H32ClF3O4SSi/c1-28(2,3)39(4,5)37-25-17-13-23(14-18-25)27(26(19-20-30)21-9-7-6-8-10-21)22-11-15-24(16-12-22)36-38(34,35)29(31,32)33/h6-18H,19-20H2,1-5H3. The van der Waals surface area contributed by atoms with Gasteiger partial charge in [-0.2, -0.15) is 21.6 Å². The lowest BCUT2D eigenvalue weighted by molar-refractivity contribution is -0.0500. The van der Waals surface area contributed by atoms with E-state index >= 15 is 0 Å². The fraction of sp³-hybridized carbons (Fsp3) is 0.310. The van der Waals surface area contributed by atoms with Gasteiger partial charge in [0.15, 0.2) is 0 Å². The fourth-order valence-corrected chi connectivity index (χ4v) is 5.33. The molecule has 0 N–H and O–H groups in total. The van der Waals surface area contributed by atoms with E-state index in [9.17, 15) is 21.6 Å². The third-order valence-corrected chi connectivity index (χ3v) is 12.2. The molecule has 0 bridgehead atoms. The van der Waals surface area contributed by atoms with Crippen molar-refractivity contribution in [3.63, 3.8) is 0 Å². The zero-order valence-corrected chi connectivity index (χ0v) is 25.0. The molecule has 0 aliphatic rings. The van der Waals surface area contributed by atoms with E-state index in [0.717, 1.165) is 28.0 Å². The maximum Gasteiger partial charge on any atom is 0.534 e. The van der Waals surface area contributed by atoms with Crippen LogP contribution in [0.3, 0.4) is 0 Å². The maximum absolute atomic E-state index is 12.8. The van der Waals surface area contributed by atoms with Crippen molar-refractivity contribution in [3.8, 4) is 11.5 Å². The Morgan fingerprint density at radius 2 is 1.28 bits per heavy atom. The largest absolute Gasteiger partial charge is 0.544 e. The predicted molar refractivity (Wildman–Crippen MR) is 154 cm³/mol. The number of halogens is 4. The van der Waals surface area contributed by atoms with Gasteiger partial charge in [0, 0.05) is 5.88 Å². The minimum atomic E-state index is -5.77. The molecule has 0 amide bonds. The third kappa shape index (κ3) is 7.46. The fourth-order valence-electron chi connectivity index (χ4n) is 3.65. The summed E-state index contributed by atoms with van der Waals surface area (Å²) < 4.78 is 72.0. The molecule has 3 aromatic carbocycles. The summed E-state index contributed by atoms with van der Waals surface area (Å²) in [5.41, 5.74) is -1.33. The smallest absolute Gasteiger partial charge is 0.534 e. The SMILES string of the molecule is CC(C)(C)[Si](C)(C)Oc1ccc(C(=C(CCCl)c2ccccc2)c2ccc(OS(=O)(=O)C(F)(F)F)cc2)cc1. The van der Waals surface area contributed by atoms with Crippen LogP contribution in [0.25, 0.3) is 11.1 Å². The second-order valence-electron chi connectivity index (χ2n) is 10.6. The highest BCUT2D eigenvalue weighted by Gasteiger charge is 2.48. The second-order valence-corrected chi connectivity index (χ2v) is 17.2. The predicted octanol–water partition coefficient (Wildman–Crippen LogP) is 8.89. The first kappa shape index (κ1) is 30.8. The van der Waals surface area contributed by atoms with Crippen molar-refractivity contribution in [3.05, 3.63) is 95.6 Å². The molecule has 0 unspecified atom stereocenters. The molecule has 10 heteroatoms. The van der Waals surface area contributed by atoms with Gasteiger partial charge in [-0.3, -0.25) is 0 Å². The molecule has 0 aliphatic heterocycles. The summed E-state index contributed by atoms with van der Waals surface area (Å²) in [4.78, 5) is 0. The van der Waals surface area contributed by atoms with Crippen molar-refractivity contribution in [1.29, 1.82) is 0 Å². The highest BCUT2D eigenvalue weighted by atomic mass is 35.5. The summed E-state index contributed by atoms with van der Waals surface area (Å²) in [7, 11) is -7.83. The molecule has 0 aliphatic carbocycles. The number of benzene rings is 3. The highest BCUT2D eigenvalue weighted by Crippen LogP contribution is 2.39. The first-order chi connectivity index (χ1) is 18.1. The second kappa shape index (κ2) is 11.8. The molecule has 3 rings (SSSR count). The Morgan fingerprint density at radius 3 is 1.72 bits per heavy atom. The van der Waals surface area contributed by atoms with E-state index in [1.54, 1.807) is 0 Å². The average Bonchev–Trinajstić information content (AvgIpc) is 2.84. The number of hydrogen-bond acceptors (Lipinski definition) is 4. The van der Waals surface area contributed by atoms with E-state index in [1.807, 2.05) is 54.6 Å². The molecule has 4 nitrogen and oxygen atoms in total. The number of hydrogen-bond donors (Lipinski definition) is 0. The summed E-state index contributed by atoms with van der Waals surface area (Å²) in [6, 6.07) is 22.8. The first-order valence-electron chi connectivity index (χ1n) is 12.3. The molecule has 39 heavy (non-hydrogen) atoms. The van der Waals surface area contributed by atoms with Gasteiger partial charge in [-0.1, -0.05) is 75.4 Å². The summed E-state index contributed by atoms with van der Waals surface area (Å²) in [5, 5.41) is 0.0287. The molecule has 0 saturated heterocycles. The number of alkyl halides is 4. The van der Waals surface area contributed by atoms with E-state index in [2.05, 4.69) is 38.0 Å². The molecular formula is C29H32ClF3O4SSi. The van der Waals surface area contributed by atoms with E-state index in [0.29, 0.717) is 17.9 Å². The number of allylic oxidation sites excluding steroid dienone is 1. The molecule has 0 aromatic heterocycles. The zero-order chi connectivity index (χ0) is 29.1. The van der Waals surface area contributed by atoms with Crippen LogP contribution < -0.4 is 8.61 Å². The van der Waals surface area contributed by atoms with Crippen molar-refractivity contribution < 1.29 is 30.2 Å². The summed E-state index contributed by atoms with van der Waals surface area (Å²) >= 11 is 6.20. The zero-order valence-electron chi connectivity index (χ0n) is 22.5. The van der Waals surface area contributed by atoms with Crippen LogP contribution >= 0.6 is 11.6 Å². The van der Waals surface area contributed by atoms with Crippen LogP contribution in [0.15, 0.2) is 78.9 Å². The topological polar surface area (TPSA) is 52.6 Å². The molecule has 0 fully saturated rings. The van der Waals surface area contributed by atoms with Gasteiger partial charge in [0.2, 0.25) is 8.32 Å².